The van der Waals surface area contributed by atoms with Crippen LogP contribution in [0, 0.1) is 0 Å². The summed E-state index contributed by atoms with van der Waals surface area (Å²) in [6.45, 7) is 0. The number of carbonyl (C=O) groups excluding carboxylic acids is 2. The van der Waals surface area contributed by atoms with Crippen molar-refractivity contribution in [2.24, 2.45) is 0 Å². The first-order valence-corrected chi connectivity index (χ1v) is 10.5. The quantitative estimate of drug-likeness (QED) is 0.367. The molecule has 34 heavy (non-hydrogen) atoms. The van der Waals surface area contributed by atoms with Gasteiger partial charge in [-0.2, -0.15) is 0 Å². The normalized spacial score (nSPS) is 11.4. The second-order valence-electron chi connectivity index (χ2n) is 7.05. The van der Waals surface area contributed by atoms with Crippen molar-refractivity contribution < 1.29 is 29.4 Å². The van der Waals surface area contributed by atoms with E-state index in [4.69, 9.17) is 23.2 Å². The minimum absolute atomic E-state index is 0.0673. The van der Waals surface area contributed by atoms with Gasteiger partial charge in [-0.3, -0.25) is 14.6 Å². The number of rotatable bonds is 8. The number of carboxylic acid groups (broad SMARTS) is 2. The molecule has 4 N–H and O–H groups in total. The van der Waals surface area contributed by atoms with Crippen LogP contribution in [0.25, 0.3) is 0 Å². The van der Waals surface area contributed by atoms with Gasteiger partial charge in [-0.1, -0.05) is 47.5 Å². The number of nitrogens with zero attached hydrogens (tertiary/aromatic N) is 1. The molecule has 11 heteroatoms. The second-order valence-corrected chi connectivity index (χ2v) is 7.86. The van der Waals surface area contributed by atoms with Crippen molar-refractivity contribution in [2.45, 2.75) is 12.5 Å². The van der Waals surface area contributed by atoms with Gasteiger partial charge in [-0.05, 0) is 29.8 Å². The van der Waals surface area contributed by atoms with E-state index in [0.717, 1.165) is 0 Å². The molecule has 0 unspecified atom stereocenters. The fourth-order valence-electron chi connectivity index (χ4n) is 3.09. The van der Waals surface area contributed by atoms with E-state index in [0.29, 0.717) is 11.3 Å². The number of halogens is 2. The lowest BCUT2D eigenvalue weighted by atomic mass is 10.0. The fraction of sp³-hybridized carbons (Fsp3) is 0.0870. The van der Waals surface area contributed by atoms with Crippen molar-refractivity contribution >= 4 is 52.6 Å². The van der Waals surface area contributed by atoms with Crippen molar-refractivity contribution in [1.82, 2.24) is 10.3 Å². The molecule has 2 amide bonds. The van der Waals surface area contributed by atoms with E-state index in [-0.39, 0.29) is 33.2 Å². The van der Waals surface area contributed by atoms with E-state index in [1.807, 2.05) is 0 Å². The van der Waals surface area contributed by atoms with Gasteiger partial charge in [0.1, 0.15) is 6.04 Å². The molecular weight excluding hydrogens is 485 g/mol. The van der Waals surface area contributed by atoms with Crippen LogP contribution in [-0.2, 0) is 11.2 Å². The number of benzene rings is 2. The number of hydrogen-bond acceptors (Lipinski definition) is 5. The predicted octanol–water partition coefficient (Wildman–Crippen LogP) is 3.76. The number of pyridine rings is 1. The summed E-state index contributed by atoms with van der Waals surface area (Å²) in [5.74, 6) is -3.96. The lowest BCUT2D eigenvalue weighted by Gasteiger charge is -2.16. The van der Waals surface area contributed by atoms with Gasteiger partial charge in [0.2, 0.25) is 0 Å². The van der Waals surface area contributed by atoms with E-state index in [2.05, 4.69) is 15.6 Å². The van der Waals surface area contributed by atoms with Crippen molar-refractivity contribution in [3.05, 3.63) is 93.2 Å². The van der Waals surface area contributed by atoms with E-state index < -0.39 is 29.8 Å². The summed E-state index contributed by atoms with van der Waals surface area (Å²) in [6.07, 6.45) is 2.51. The van der Waals surface area contributed by atoms with Crippen LogP contribution in [0.1, 0.15) is 36.6 Å². The largest absolute Gasteiger partial charge is 0.480 e. The third-order valence-electron chi connectivity index (χ3n) is 4.74. The molecule has 1 aromatic heterocycles. The first-order chi connectivity index (χ1) is 16.2. The van der Waals surface area contributed by atoms with Crippen LogP contribution < -0.4 is 10.6 Å². The number of anilines is 1. The van der Waals surface area contributed by atoms with Gasteiger partial charge in [-0.25, -0.2) is 9.59 Å². The van der Waals surface area contributed by atoms with E-state index in [1.54, 1.807) is 24.3 Å². The Balaban J connectivity index is 1.70. The predicted molar refractivity (Wildman–Crippen MR) is 125 cm³/mol. The monoisotopic (exact) mass is 501 g/mol. The third-order valence-corrected chi connectivity index (χ3v) is 5.31. The van der Waals surface area contributed by atoms with Gasteiger partial charge in [0.05, 0.1) is 26.7 Å². The minimum atomic E-state index is -1.32. The summed E-state index contributed by atoms with van der Waals surface area (Å²) in [7, 11) is 0. The van der Waals surface area contributed by atoms with Gasteiger partial charge < -0.3 is 20.8 Å². The van der Waals surface area contributed by atoms with Crippen LogP contribution in [0.2, 0.25) is 10.0 Å². The van der Waals surface area contributed by atoms with Crippen LogP contribution in [-0.4, -0.2) is 45.0 Å². The lowest BCUT2D eigenvalue weighted by Crippen LogP contribution is -2.42. The smallest absolute Gasteiger partial charge is 0.336 e. The molecule has 3 aromatic rings. The Morgan fingerprint density at radius 2 is 1.44 bits per heavy atom. The molecule has 0 saturated heterocycles. The zero-order valence-corrected chi connectivity index (χ0v) is 18.8. The number of aromatic nitrogens is 1. The topological polar surface area (TPSA) is 146 Å². The average molecular weight is 502 g/mol. The highest BCUT2D eigenvalue weighted by Gasteiger charge is 2.24. The van der Waals surface area contributed by atoms with Gasteiger partial charge in [0.15, 0.2) is 0 Å². The Hall–Kier alpha value is -3.95. The number of nitrogens with one attached hydrogen (secondary N) is 2. The van der Waals surface area contributed by atoms with Crippen molar-refractivity contribution in [3.8, 4) is 0 Å². The van der Waals surface area contributed by atoms with Crippen LogP contribution in [0.4, 0.5) is 5.69 Å². The maximum Gasteiger partial charge on any atom is 0.336 e. The Bertz CT molecular complexity index is 1240. The van der Waals surface area contributed by atoms with Crippen LogP contribution in [0.15, 0.2) is 60.9 Å². The SMILES string of the molecule is O=C(O)c1ccccc1C(=O)N[C@@H](Cc1ccc(NC(=O)c2c(Cl)cncc2Cl)cc1)C(=O)O. The zero-order valence-electron chi connectivity index (χ0n) is 17.3. The van der Waals surface area contributed by atoms with Crippen LogP contribution >= 0.6 is 23.2 Å². The Labute approximate surface area is 203 Å². The fourth-order valence-corrected chi connectivity index (χ4v) is 3.62. The van der Waals surface area contributed by atoms with Gasteiger partial charge in [0, 0.05) is 24.5 Å². The van der Waals surface area contributed by atoms with Gasteiger partial charge in [0.25, 0.3) is 11.8 Å². The number of carbonyl (C=O) groups is 4. The first kappa shape index (κ1) is 24.7. The molecule has 0 radical (unpaired) electrons. The summed E-state index contributed by atoms with van der Waals surface area (Å²) in [4.78, 5) is 51.8. The molecule has 0 bridgehead atoms. The van der Waals surface area contributed by atoms with E-state index in [1.165, 1.54) is 36.7 Å². The Morgan fingerprint density at radius 1 is 0.853 bits per heavy atom. The molecule has 0 spiro atoms. The van der Waals surface area contributed by atoms with E-state index in [9.17, 15) is 29.4 Å². The molecule has 0 fully saturated rings. The highest BCUT2D eigenvalue weighted by atomic mass is 35.5. The standard InChI is InChI=1S/C23H17Cl2N3O6/c24-16-10-26-11-17(25)19(16)21(30)27-13-7-5-12(6-8-13)9-18(23(33)34)28-20(29)14-3-1-2-4-15(14)22(31)32/h1-8,10-11,18H,9H2,(H,27,30)(H,28,29)(H,31,32)(H,33,34)/t18-/m0/s1. The third kappa shape index (κ3) is 5.89. The Kier molecular flexibility index (Phi) is 7.83. The molecule has 3 rings (SSSR count). The zero-order chi connectivity index (χ0) is 24.8. The maximum absolute atomic E-state index is 12.5. The molecule has 0 aliphatic heterocycles. The molecule has 0 aliphatic rings. The molecule has 174 valence electrons. The molecule has 1 heterocycles. The highest BCUT2D eigenvalue weighted by molar-refractivity contribution is 6.40. The van der Waals surface area contributed by atoms with E-state index >= 15 is 0 Å². The first-order valence-electron chi connectivity index (χ1n) is 9.72. The number of amides is 2. The molecule has 2 aromatic carbocycles. The van der Waals surface area contributed by atoms with Crippen LogP contribution in [0.3, 0.4) is 0 Å². The number of hydrogen-bond donors (Lipinski definition) is 4. The number of aromatic carboxylic acids is 1. The summed E-state index contributed by atoms with van der Waals surface area (Å²) in [5.41, 5.74) is 0.644. The second kappa shape index (κ2) is 10.8. The number of carboxylic acids is 2. The summed E-state index contributed by atoms with van der Waals surface area (Å²) in [6, 6.07) is 10.5. The van der Waals surface area contributed by atoms with Gasteiger partial charge in [-0.15, -0.1) is 0 Å². The summed E-state index contributed by atoms with van der Waals surface area (Å²) < 4.78 is 0. The summed E-state index contributed by atoms with van der Waals surface area (Å²) in [5, 5.41) is 23.9. The molecule has 0 saturated carbocycles. The highest BCUT2D eigenvalue weighted by Crippen LogP contribution is 2.24. The molecule has 1 atom stereocenters. The van der Waals surface area contributed by atoms with Crippen molar-refractivity contribution in [1.29, 1.82) is 0 Å². The minimum Gasteiger partial charge on any atom is -0.480 e. The molecule has 9 nitrogen and oxygen atoms in total. The maximum atomic E-state index is 12.5. The van der Waals surface area contributed by atoms with Crippen molar-refractivity contribution in [2.75, 3.05) is 5.32 Å². The molecule has 0 aliphatic carbocycles. The lowest BCUT2D eigenvalue weighted by molar-refractivity contribution is -0.139. The summed E-state index contributed by atoms with van der Waals surface area (Å²) >= 11 is 12.0. The van der Waals surface area contributed by atoms with Gasteiger partial charge >= 0.3 is 11.9 Å². The van der Waals surface area contributed by atoms with Crippen molar-refractivity contribution in [3.63, 3.8) is 0 Å². The Morgan fingerprint density at radius 3 is 2.00 bits per heavy atom. The number of aliphatic carboxylic acids is 1. The van der Waals surface area contributed by atoms with Crippen LogP contribution in [0.5, 0.6) is 0 Å². The average Bonchev–Trinajstić information content (AvgIpc) is 2.79. The molecular formula is C23H17Cl2N3O6.